The van der Waals surface area contributed by atoms with Gasteiger partial charge in [0.15, 0.2) is 0 Å². The monoisotopic (exact) mass is 250 g/mol. The van der Waals surface area contributed by atoms with Crippen molar-refractivity contribution in [1.29, 1.82) is 0 Å². The van der Waals surface area contributed by atoms with Crippen LogP contribution >= 0.6 is 0 Å². The van der Waals surface area contributed by atoms with Gasteiger partial charge in [0.2, 0.25) is 0 Å². The fraction of sp³-hybridized carbons (Fsp3) is 0.273. The van der Waals surface area contributed by atoms with Gasteiger partial charge in [0.25, 0.3) is 0 Å². The SMILES string of the molecule is C=CCN(CC(=O)O)C(=O)NCc1ccncn1. The van der Waals surface area contributed by atoms with Crippen LogP contribution in [0, 0.1) is 0 Å². The van der Waals surface area contributed by atoms with Crippen LogP contribution in [0.2, 0.25) is 0 Å². The molecule has 0 saturated heterocycles. The Balaban J connectivity index is 2.51. The Morgan fingerprint density at radius 2 is 2.33 bits per heavy atom. The van der Waals surface area contributed by atoms with Gasteiger partial charge in [0.1, 0.15) is 12.9 Å². The van der Waals surface area contributed by atoms with Crippen molar-refractivity contribution in [2.24, 2.45) is 0 Å². The van der Waals surface area contributed by atoms with E-state index >= 15 is 0 Å². The van der Waals surface area contributed by atoms with Crippen molar-refractivity contribution in [3.05, 3.63) is 36.9 Å². The average molecular weight is 250 g/mol. The number of rotatable bonds is 6. The predicted molar refractivity (Wildman–Crippen MR) is 63.7 cm³/mol. The molecular weight excluding hydrogens is 236 g/mol. The van der Waals surface area contributed by atoms with E-state index in [1.807, 2.05) is 0 Å². The molecule has 0 aliphatic rings. The molecule has 1 aromatic heterocycles. The van der Waals surface area contributed by atoms with Crippen LogP contribution in [-0.2, 0) is 11.3 Å². The molecule has 0 radical (unpaired) electrons. The maximum atomic E-state index is 11.7. The third-order valence-electron chi connectivity index (χ3n) is 2.03. The third-order valence-corrected chi connectivity index (χ3v) is 2.03. The van der Waals surface area contributed by atoms with E-state index in [0.717, 1.165) is 4.90 Å². The van der Waals surface area contributed by atoms with Gasteiger partial charge in [0.05, 0.1) is 12.2 Å². The first kappa shape index (κ1) is 13.6. The number of amides is 2. The van der Waals surface area contributed by atoms with E-state index in [2.05, 4.69) is 21.9 Å². The molecule has 1 aromatic rings. The molecule has 2 N–H and O–H groups in total. The molecule has 2 amide bonds. The van der Waals surface area contributed by atoms with Crippen LogP contribution in [0.5, 0.6) is 0 Å². The van der Waals surface area contributed by atoms with Gasteiger partial charge in [0, 0.05) is 12.7 Å². The zero-order valence-corrected chi connectivity index (χ0v) is 9.74. The lowest BCUT2D eigenvalue weighted by atomic mass is 10.4. The summed E-state index contributed by atoms with van der Waals surface area (Å²) in [7, 11) is 0. The summed E-state index contributed by atoms with van der Waals surface area (Å²) in [6.45, 7) is 3.49. The zero-order valence-electron chi connectivity index (χ0n) is 9.74. The molecule has 0 bridgehead atoms. The second-order valence-corrected chi connectivity index (χ2v) is 3.42. The van der Waals surface area contributed by atoms with Crippen molar-refractivity contribution in [3.63, 3.8) is 0 Å². The smallest absolute Gasteiger partial charge is 0.323 e. The van der Waals surface area contributed by atoms with Gasteiger partial charge >= 0.3 is 12.0 Å². The van der Waals surface area contributed by atoms with Crippen LogP contribution in [0.1, 0.15) is 5.69 Å². The molecule has 1 heterocycles. The first-order valence-electron chi connectivity index (χ1n) is 5.24. The average Bonchev–Trinajstić information content (AvgIpc) is 2.36. The summed E-state index contributed by atoms with van der Waals surface area (Å²) in [5, 5.41) is 11.2. The molecule has 0 saturated carbocycles. The Morgan fingerprint density at radius 1 is 1.56 bits per heavy atom. The summed E-state index contributed by atoms with van der Waals surface area (Å²) >= 11 is 0. The van der Waals surface area contributed by atoms with Crippen LogP contribution in [-0.4, -0.2) is 45.1 Å². The van der Waals surface area contributed by atoms with Gasteiger partial charge in [-0.25, -0.2) is 14.8 Å². The van der Waals surface area contributed by atoms with E-state index < -0.39 is 12.0 Å². The van der Waals surface area contributed by atoms with Crippen molar-refractivity contribution in [2.45, 2.75) is 6.54 Å². The largest absolute Gasteiger partial charge is 0.480 e. The fourth-order valence-corrected chi connectivity index (χ4v) is 1.24. The molecule has 0 aliphatic heterocycles. The molecule has 0 aromatic carbocycles. The topological polar surface area (TPSA) is 95.4 Å². The highest BCUT2D eigenvalue weighted by Gasteiger charge is 2.14. The van der Waals surface area contributed by atoms with Crippen molar-refractivity contribution in [1.82, 2.24) is 20.2 Å². The second-order valence-electron chi connectivity index (χ2n) is 3.42. The molecule has 18 heavy (non-hydrogen) atoms. The van der Waals surface area contributed by atoms with Gasteiger partial charge in [-0.3, -0.25) is 4.79 Å². The number of aliphatic carboxylic acids is 1. The third kappa shape index (κ3) is 4.60. The maximum absolute atomic E-state index is 11.7. The molecule has 96 valence electrons. The predicted octanol–water partition coefficient (Wildman–Crippen LogP) is 0.259. The highest BCUT2D eigenvalue weighted by Crippen LogP contribution is 1.94. The van der Waals surface area contributed by atoms with Crippen molar-refractivity contribution < 1.29 is 14.7 Å². The Bertz CT molecular complexity index is 422. The number of carbonyl (C=O) groups is 2. The number of carboxylic acid groups (broad SMARTS) is 1. The quantitative estimate of drug-likeness (QED) is 0.706. The molecule has 0 fully saturated rings. The normalized spacial score (nSPS) is 9.56. The van der Waals surface area contributed by atoms with Crippen LogP contribution in [0.4, 0.5) is 4.79 Å². The summed E-state index contributed by atoms with van der Waals surface area (Å²) in [4.78, 5) is 31.1. The molecule has 1 rings (SSSR count). The van der Waals surface area contributed by atoms with Crippen LogP contribution < -0.4 is 5.32 Å². The highest BCUT2D eigenvalue weighted by molar-refractivity contribution is 5.80. The maximum Gasteiger partial charge on any atom is 0.323 e. The Hall–Kier alpha value is -2.44. The van der Waals surface area contributed by atoms with Gasteiger partial charge in [-0.05, 0) is 6.07 Å². The summed E-state index contributed by atoms with van der Waals surface area (Å²) in [6.07, 6.45) is 4.40. The van der Waals surface area contributed by atoms with Crippen molar-refractivity contribution >= 4 is 12.0 Å². The number of hydrogen-bond acceptors (Lipinski definition) is 4. The standard InChI is InChI=1S/C11H14N4O3/c1-2-5-15(7-10(16)17)11(18)13-6-9-3-4-12-8-14-9/h2-4,8H,1,5-7H2,(H,13,18)(H,16,17). The van der Waals surface area contributed by atoms with Crippen molar-refractivity contribution in [3.8, 4) is 0 Å². The van der Waals surface area contributed by atoms with Crippen molar-refractivity contribution in [2.75, 3.05) is 13.1 Å². The highest BCUT2D eigenvalue weighted by atomic mass is 16.4. The van der Waals surface area contributed by atoms with E-state index in [9.17, 15) is 9.59 Å². The van der Waals surface area contributed by atoms with E-state index in [4.69, 9.17) is 5.11 Å². The second kappa shape index (κ2) is 7.00. The van der Waals surface area contributed by atoms with Gasteiger partial charge in [-0.2, -0.15) is 0 Å². The number of carboxylic acids is 1. The molecule has 7 heteroatoms. The zero-order chi connectivity index (χ0) is 13.4. The fourth-order valence-electron chi connectivity index (χ4n) is 1.24. The molecule has 0 aliphatic carbocycles. The molecule has 0 unspecified atom stereocenters. The minimum Gasteiger partial charge on any atom is -0.480 e. The Morgan fingerprint density at radius 3 is 2.89 bits per heavy atom. The Kier molecular flexibility index (Phi) is 5.30. The Labute approximate surface area is 104 Å². The number of nitrogens with zero attached hydrogens (tertiary/aromatic N) is 3. The van der Waals surface area contributed by atoms with Gasteiger partial charge < -0.3 is 15.3 Å². The minimum atomic E-state index is -1.07. The minimum absolute atomic E-state index is 0.169. The number of aromatic nitrogens is 2. The number of carbonyl (C=O) groups excluding carboxylic acids is 1. The molecular formula is C11H14N4O3. The van der Waals surface area contributed by atoms with Crippen LogP contribution in [0.3, 0.4) is 0 Å². The van der Waals surface area contributed by atoms with Crippen LogP contribution in [0.15, 0.2) is 31.2 Å². The lowest BCUT2D eigenvalue weighted by Gasteiger charge is -2.19. The van der Waals surface area contributed by atoms with E-state index in [1.165, 1.54) is 12.4 Å². The number of nitrogens with one attached hydrogen (secondary N) is 1. The summed E-state index contributed by atoms with van der Waals surface area (Å²) in [6, 6.07) is 1.19. The molecule has 7 nitrogen and oxygen atoms in total. The lowest BCUT2D eigenvalue weighted by molar-refractivity contribution is -0.137. The van der Waals surface area contributed by atoms with E-state index in [1.54, 1.807) is 12.3 Å². The number of hydrogen-bond donors (Lipinski definition) is 2. The first-order chi connectivity index (χ1) is 8.63. The summed E-state index contributed by atoms with van der Waals surface area (Å²) < 4.78 is 0. The van der Waals surface area contributed by atoms with Gasteiger partial charge in [-0.1, -0.05) is 6.08 Å². The first-order valence-corrected chi connectivity index (χ1v) is 5.24. The van der Waals surface area contributed by atoms with Gasteiger partial charge in [-0.15, -0.1) is 6.58 Å². The summed E-state index contributed by atoms with van der Waals surface area (Å²) in [5.41, 5.74) is 0.646. The van der Waals surface area contributed by atoms with E-state index in [0.29, 0.717) is 5.69 Å². The van der Waals surface area contributed by atoms with Crippen LogP contribution in [0.25, 0.3) is 0 Å². The summed E-state index contributed by atoms with van der Waals surface area (Å²) in [5.74, 6) is -1.07. The number of urea groups is 1. The molecule has 0 spiro atoms. The molecule has 0 atom stereocenters. The lowest BCUT2D eigenvalue weighted by Crippen LogP contribution is -2.42. The van der Waals surface area contributed by atoms with E-state index in [-0.39, 0.29) is 19.6 Å².